The summed E-state index contributed by atoms with van der Waals surface area (Å²) in [4.78, 5) is 28.3. The van der Waals surface area contributed by atoms with Crippen LogP contribution in [-0.4, -0.2) is 64.7 Å². The van der Waals surface area contributed by atoms with Crippen LogP contribution < -0.4 is 20.7 Å². The highest BCUT2D eigenvalue weighted by Crippen LogP contribution is 2.13. The average Bonchev–Trinajstić information content (AvgIpc) is 3.25. The van der Waals surface area contributed by atoms with Crippen molar-refractivity contribution in [3.63, 3.8) is 0 Å². The molecule has 0 saturated carbocycles. The number of nitrogens with zero attached hydrogens (tertiary/aromatic N) is 5. The summed E-state index contributed by atoms with van der Waals surface area (Å²) in [5, 5.41) is 12.0. The number of hydrazine groups is 1. The Kier molecular flexibility index (Phi) is 5.57. The van der Waals surface area contributed by atoms with Gasteiger partial charge in [0.05, 0.1) is 13.1 Å². The molecule has 3 N–H and O–H groups in total. The molecule has 0 aliphatic carbocycles. The van der Waals surface area contributed by atoms with Gasteiger partial charge in [0.25, 0.3) is 17.8 Å². The zero-order chi connectivity index (χ0) is 16.8. The molecule has 10 heteroatoms. The summed E-state index contributed by atoms with van der Waals surface area (Å²) in [6, 6.07) is 0. The number of carbonyl (C=O) groups excluding carboxylic acids is 2. The van der Waals surface area contributed by atoms with Crippen LogP contribution in [0, 0.1) is 0 Å². The highest BCUT2D eigenvalue weighted by atomic mass is 16.2. The summed E-state index contributed by atoms with van der Waals surface area (Å²) in [6.45, 7) is 4.20. The number of piperidine rings is 1. The maximum Gasteiger partial charge on any atom is 0.293 e. The number of nitrogens with one attached hydrogen (secondary N) is 3. The van der Waals surface area contributed by atoms with E-state index in [2.05, 4.69) is 26.3 Å². The molecule has 3 rings (SSSR count). The smallest absolute Gasteiger partial charge is 0.293 e. The minimum Gasteiger partial charge on any atom is -0.338 e. The minimum atomic E-state index is -0.373. The molecule has 0 atom stereocenters. The van der Waals surface area contributed by atoms with E-state index in [9.17, 15) is 9.59 Å². The Balaban J connectivity index is 1.38. The summed E-state index contributed by atoms with van der Waals surface area (Å²) < 4.78 is 0. The molecule has 2 saturated heterocycles. The molecule has 132 valence electrons. The Morgan fingerprint density at radius 3 is 2.46 bits per heavy atom. The van der Waals surface area contributed by atoms with Gasteiger partial charge in [-0.25, -0.2) is 0 Å². The first-order valence-corrected chi connectivity index (χ1v) is 8.65. The number of aromatic nitrogens is 4. The Morgan fingerprint density at radius 2 is 1.71 bits per heavy atom. The van der Waals surface area contributed by atoms with Crippen molar-refractivity contribution in [2.24, 2.45) is 0 Å². The van der Waals surface area contributed by atoms with E-state index in [1.807, 2.05) is 4.90 Å². The van der Waals surface area contributed by atoms with Gasteiger partial charge in [0.15, 0.2) is 6.54 Å². The lowest BCUT2D eigenvalue weighted by Gasteiger charge is -2.22. The lowest BCUT2D eigenvalue weighted by Crippen LogP contribution is -3.14. The highest BCUT2D eigenvalue weighted by molar-refractivity contribution is 5.82. The fourth-order valence-corrected chi connectivity index (χ4v) is 3.15. The van der Waals surface area contributed by atoms with Crippen molar-refractivity contribution in [1.29, 1.82) is 0 Å². The van der Waals surface area contributed by atoms with Gasteiger partial charge < -0.3 is 9.80 Å². The van der Waals surface area contributed by atoms with E-state index in [-0.39, 0.29) is 18.4 Å². The molecule has 2 aliphatic rings. The Labute approximate surface area is 140 Å². The Bertz CT molecular complexity index is 563. The zero-order valence-corrected chi connectivity index (χ0v) is 13.8. The number of carbonyl (C=O) groups is 2. The molecular formula is C14H25N8O2+. The summed E-state index contributed by atoms with van der Waals surface area (Å²) in [7, 11) is 0. The van der Waals surface area contributed by atoms with Crippen molar-refractivity contribution >= 4 is 17.8 Å². The van der Waals surface area contributed by atoms with Gasteiger partial charge in [-0.2, -0.15) is 4.80 Å². The normalized spacial score (nSPS) is 18.6. The lowest BCUT2D eigenvalue weighted by molar-refractivity contribution is -0.896. The number of anilines is 1. The van der Waals surface area contributed by atoms with Gasteiger partial charge in [-0.05, 0) is 37.3 Å². The monoisotopic (exact) mass is 337 g/mol. The van der Waals surface area contributed by atoms with Crippen LogP contribution in [0.25, 0.3) is 0 Å². The highest BCUT2D eigenvalue weighted by Gasteiger charge is 2.19. The quantitative estimate of drug-likeness (QED) is 0.512. The number of amides is 2. The van der Waals surface area contributed by atoms with Crippen LogP contribution in [0.15, 0.2) is 0 Å². The van der Waals surface area contributed by atoms with Crippen molar-refractivity contribution in [1.82, 2.24) is 31.1 Å². The van der Waals surface area contributed by atoms with Crippen LogP contribution in [-0.2, 0) is 16.1 Å². The number of tetrazole rings is 1. The van der Waals surface area contributed by atoms with Gasteiger partial charge in [0.1, 0.15) is 6.54 Å². The molecule has 2 fully saturated rings. The van der Waals surface area contributed by atoms with Crippen LogP contribution in [0.1, 0.15) is 32.1 Å². The van der Waals surface area contributed by atoms with Crippen molar-refractivity contribution in [2.45, 2.75) is 38.6 Å². The number of hydrogen-bond acceptors (Lipinski definition) is 6. The number of quaternary nitrogens is 1. The Hall–Kier alpha value is -2.23. The van der Waals surface area contributed by atoms with Gasteiger partial charge >= 0.3 is 0 Å². The molecule has 1 aromatic rings. The van der Waals surface area contributed by atoms with Crippen LogP contribution in [0.2, 0.25) is 0 Å². The van der Waals surface area contributed by atoms with Crippen LogP contribution in [0.3, 0.4) is 0 Å². The first-order valence-electron chi connectivity index (χ1n) is 8.65. The molecule has 0 radical (unpaired) electrons. The molecule has 2 amide bonds. The van der Waals surface area contributed by atoms with Gasteiger partial charge in [-0.1, -0.05) is 5.10 Å². The van der Waals surface area contributed by atoms with Crippen LogP contribution in [0.4, 0.5) is 5.95 Å². The second-order valence-electron chi connectivity index (χ2n) is 6.40. The zero-order valence-electron chi connectivity index (χ0n) is 13.8. The molecule has 1 aromatic heterocycles. The first-order chi connectivity index (χ1) is 11.7. The molecule has 0 bridgehead atoms. The summed E-state index contributed by atoms with van der Waals surface area (Å²) in [5.74, 6) is 0.00459. The average molecular weight is 337 g/mol. The lowest BCUT2D eigenvalue weighted by atomic mass is 10.1. The van der Waals surface area contributed by atoms with Crippen molar-refractivity contribution in [3.05, 3.63) is 0 Å². The molecule has 0 spiro atoms. The van der Waals surface area contributed by atoms with E-state index >= 15 is 0 Å². The maximum absolute atomic E-state index is 11.9. The predicted molar refractivity (Wildman–Crippen MR) is 85.0 cm³/mol. The van der Waals surface area contributed by atoms with E-state index in [0.29, 0.717) is 12.5 Å². The van der Waals surface area contributed by atoms with Crippen LogP contribution in [0.5, 0.6) is 0 Å². The van der Waals surface area contributed by atoms with Gasteiger partial charge in [-0.15, -0.1) is 5.10 Å². The molecule has 10 nitrogen and oxygen atoms in total. The fraction of sp³-hybridized carbons (Fsp3) is 0.786. The van der Waals surface area contributed by atoms with E-state index in [1.165, 1.54) is 16.1 Å². The third-order valence-electron chi connectivity index (χ3n) is 4.43. The van der Waals surface area contributed by atoms with Crippen molar-refractivity contribution in [3.8, 4) is 0 Å². The van der Waals surface area contributed by atoms with Gasteiger partial charge in [-0.3, -0.25) is 20.4 Å². The summed E-state index contributed by atoms with van der Waals surface area (Å²) >= 11 is 0. The van der Waals surface area contributed by atoms with Gasteiger partial charge in [0, 0.05) is 13.1 Å². The van der Waals surface area contributed by atoms with Crippen molar-refractivity contribution < 1.29 is 14.5 Å². The second kappa shape index (κ2) is 8.04. The Morgan fingerprint density at radius 1 is 1.00 bits per heavy atom. The molecule has 3 heterocycles. The molecule has 2 aliphatic heterocycles. The molecule has 0 unspecified atom stereocenters. The van der Waals surface area contributed by atoms with Crippen molar-refractivity contribution in [2.75, 3.05) is 37.6 Å². The number of hydrogen-bond donors (Lipinski definition) is 3. The first kappa shape index (κ1) is 16.6. The topological polar surface area (TPSA) is 109 Å². The fourth-order valence-electron chi connectivity index (χ4n) is 3.15. The molecule has 0 aromatic carbocycles. The van der Waals surface area contributed by atoms with E-state index in [4.69, 9.17) is 0 Å². The van der Waals surface area contributed by atoms with E-state index < -0.39 is 0 Å². The molecule has 24 heavy (non-hydrogen) atoms. The third kappa shape index (κ3) is 4.63. The SMILES string of the molecule is O=C(Cn1nnc(N2CCCC2)n1)NNC(=O)C[NH+]1CCCCC1. The maximum atomic E-state index is 11.9. The van der Waals surface area contributed by atoms with Crippen LogP contribution >= 0.6 is 0 Å². The van der Waals surface area contributed by atoms with E-state index in [0.717, 1.165) is 51.9 Å². The van der Waals surface area contributed by atoms with E-state index in [1.54, 1.807) is 0 Å². The standard InChI is InChI=1S/C14H24N8O2/c23-12(10-20-6-2-1-3-7-20)15-16-13(24)11-22-18-14(17-19-22)21-8-4-5-9-21/h1-11H2,(H,15,23)(H,16,24)/p+1. The number of likely N-dealkylation sites (tertiary alicyclic amines) is 1. The predicted octanol–water partition coefficient (Wildman–Crippen LogP) is -2.51. The minimum absolute atomic E-state index is 0.0717. The second-order valence-corrected chi connectivity index (χ2v) is 6.40. The third-order valence-corrected chi connectivity index (χ3v) is 4.43. The summed E-state index contributed by atoms with van der Waals surface area (Å²) in [5.41, 5.74) is 4.86. The van der Waals surface area contributed by atoms with Gasteiger partial charge in [0.2, 0.25) is 0 Å². The largest absolute Gasteiger partial charge is 0.338 e. The number of rotatable bonds is 5. The summed E-state index contributed by atoms with van der Waals surface area (Å²) in [6.07, 6.45) is 5.81. The molecular weight excluding hydrogens is 312 g/mol.